The molecule has 0 bridgehead atoms. The molecule has 1 atom stereocenters. The first-order valence-electron chi connectivity index (χ1n) is 16.0. The average Bonchev–Trinajstić information content (AvgIpc) is 3.67. The third kappa shape index (κ3) is 6.85. The SMILES string of the molecule is CCOc1ccc(-c2nn(-c3ccccc3)cc2C=c2sc3n(c2=O)C(c2ccc(C(=O)OC)cc2)C(C(=O)OC(C)C)=C(C)N=3)cc1[N+](=O)[O-]. The largest absolute Gasteiger partial charge is 0.487 e. The molecule has 1 aliphatic rings. The van der Waals surface area contributed by atoms with Gasteiger partial charge in [0.2, 0.25) is 0 Å². The van der Waals surface area contributed by atoms with Crippen molar-refractivity contribution in [1.29, 1.82) is 0 Å². The van der Waals surface area contributed by atoms with Crippen LogP contribution in [0.5, 0.6) is 5.75 Å². The molecular formula is C37H33N5O8S. The van der Waals surface area contributed by atoms with E-state index in [1.54, 1.807) is 75.0 Å². The quantitative estimate of drug-likeness (QED) is 0.109. The van der Waals surface area contributed by atoms with Gasteiger partial charge in [-0.05, 0) is 75.7 Å². The minimum absolute atomic E-state index is 0.130. The summed E-state index contributed by atoms with van der Waals surface area (Å²) in [7, 11) is 1.28. The lowest BCUT2D eigenvalue weighted by atomic mass is 9.95. The Kier molecular flexibility index (Phi) is 9.78. The molecule has 6 rings (SSSR count). The van der Waals surface area contributed by atoms with E-state index in [1.807, 2.05) is 30.3 Å². The fourth-order valence-corrected chi connectivity index (χ4v) is 6.79. The Labute approximate surface area is 295 Å². The molecule has 0 N–H and O–H groups in total. The van der Waals surface area contributed by atoms with Crippen molar-refractivity contribution in [3.63, 3.8) is 0 Å². The zero-order valence-electron chi connectivity index (χ0n) is 28.4. The summed E-state index contributed by atoms with van der Waals surface area (Å²) in [6.45, 7) is 7.14. The number of rotatable bonds is 10. The maximum atomic E-state index is 14.4. The summed E-state index contributed by atoms with van der Waals surface area (Å²) >= 11 is 1.13. The van der Waals surface area contributed by atoms with Crippen LogP contribution in [0.25, 0.3) is 23.0 Å². The zero-order chi connectivity index (χ0) is 36.4. The molecule has 0 saturated carbocycles. The second kappa shape index (κ2) is 14.4. The van der Waals surface area contributed by atoms with Gasteiger partial charge in [0.25, 0.3) is 5.56 Å². The molecule has 1 unspecified atom stereocenters. The van der Waals surface area contributed by atoms with Crippen molar-refractivity contribution < 1.29 is 28.7 Å². The molecule has 0 radical (unpaired) electrons. The molecule has 260 valence electrons. The summed E-state index contributed by atoms with van der Waals surface area (Å²) in [5.41, 5.74) is 2.86. The molecule has 0 saturated heterocycles. The first kappa shape index (κ1) is 34.7. The van der Waals surface area contributed by atoms with Crippen LogP contribution in [0.15, 0.2) is 100 Å². The molecule has 0 amide bonds. The van der Waals surface area contributed by atoms with E-state index < -0.39 is 34.6 Å². The number of hydrogen-bond acceptors (Lipinski definition) is 11. The van der Waals surface area contributed by atoms with Crippen molar-refractivity contribution in [2.45, 2.75) is 39.8 Å². The van der Waals surface area contributed by atoms with Gasteiger partial charge in [0.15, 0.2) is 10.6 Å². The maximum Gasteiger partial charge on any atom is 0.338 e. The first-order chi connectivity index (χ1) is 24.5. The Hall–Kier alpha value is -6.15. The molecule has 5 aromatic rings. The summed E-state index contributed by atoms with van der Waals surface area (Å²) < 4.78 is 19.3. The fraction of sp³-hybridized carbons (Fsp3) is 0.216. The lowest BCUT2D eigenvalue weighted by Crippen LogP contribution is -2.40. The van der Waals surface area contributed by atoms with Gasteiger partial charge in [-0.1, -0.05) is 41.7 Å². The van der Waals surface area contributed by atoms with Gasteiger partial charge in [0.1, 0.15) is 5.69 Å². The highest BCUT2D eigenvalue weighted by Gasteiger charge is 2.34. The van der Waals surface area contributed by atoms with Crippen LogP contribution in [0, 0.1) is 10.1 Å². The summed E-state index contributed by atoms with van der Waals surface area (Å²) in [5.74, 6) is -1.02. The maximum absolute atomic E-state index is 14.4. The zero-order valence-corrected chi connectivity index (χ0v) is 29.2. The number of hydrogen-bond donors (Lipinski definition) is 0. The lowest BCUT2D eigenvalue weighted by Gasteiger charge is -2.25. The summed E-state index contributed by atoms with van der Waals surface area (Å²) in [6.07, 6.45) is 2.98. The third-order valence-corrected chi connectivity index (χ3v) is 8.99. The van der Waals surface area contributed by atoms with E-state index in [-0.39, 0.29) is 28.1 Å². The standard InChI is InChI=1S/C37H33N5O8S/c1-6-49-29-17-16-25(18-28(29)42(46)47)32-26(20-40(39-32)27-10-8-7-9-11-27)19-30-34(43)41-33(23-12-14-24(15-13-23)35(44)48-5)31(36(45)50-21(2)3)22(4)38-37(41)51-30/h7-21,33H,6H2,1-5H3. The van der Waals surface area contributed by atoms with Crippen molar-refractivity contribution in [3.8, 4) is 22.7 Å². The van der Waals surface area contributed by atoms with Crippen LogP contribution in [-0.4, -0.2) is 51.0 Å². The van der Waals surface area contributed by atoms with Crippen LogP contribution in [0.4, 0.5) is 5.69 Å². The predicted octanol–water partition coefficient (Wildman–Crippen LogP) is 5.13. The van der Waals surface area contributed by atoms with Crippen LogP contribution in [-0.2, 0) is 14.3 Å². The van der Waals surface area contributed by atoms with Crippen LogP contribution in [0.3, 0.4) is 0 Å². The third-order valence-electron chi connectivity index (χ3n) is 8.01. The van der Waals surface area contributed by atoms with Gasteiger partial charge < -0.3 is 14.2 Å². The van der Waals surface area contributed by atoms with Crippen molar-refractivity contribution >= 4 is 35.0 Å². The van der Waals surface area contributed by atoms with E-state index in [0.29, 0.717) is 38.4 Å². The number of benzene rings is 3. The fourth-order valence-electron chi connectivity index (χ4n) is 5.75. The van der Waals surface area contributed by atoms with E-state index in [1.165, 1.54) is 23.8 Å². The second-order valence-electron chi connectivity index (χ2n) is 11.7. The Morgan fingerprint density at radius 2 is 1.78 bits per heavy atom. The van der Waals surface area contributed by atoms with Gasteiger partial charge in [-0.3, -0.25) is 19.5 Å². The first-order valence-corrected chi connectivity index (χ1v) is 16.8. The molecule has 0 spiro atoms. The molecule has 51 heavy (non-hydrogen) atoms. The number of thiazole rings is 1. The minimum Gasteiger partial charge on any atom is -0.487 e. The number of ether oxygens (including phenoxy) is 3. The molecule has 3 aromatic carbocycles. The Morgan fingerprint density at radius 3 is 2.43 bits per heavy atom. The van der Waals surface area contributed by atoms with Gasteiger partial charge in [-0.15, -0.1) is 0 Å². The highest BCUT2D eigenvalue weighted by molar-refractivity contribution is 7.07. The molecular weight excluding hydrogens is 675 g/mol. The van der Waals surface area contributed by atoms with Crippen molar-refractivity contribution in [2.75, 3.05) is 13.7 Å². The lowest BCUT2D eigenvalue weighted by molar-refractivity contribution is -0.385. The number of para-hydroxylation sites is 1. The summed E-state index contributed by atoms with van der Waals surface area (Å²) in [5, 5.41) is 16.8. The molecule has 13 nitrogen and oxygen atoms in total. The highest BCUT2D eigenvalue weighted by Crippen LogP contribution is 2.34. The van der Waals surface area contributed by atoms with Gasteiger partial charge in [-0.25, -0.2) is 19.3 Å². The number of carbonyl (C=O) groups is 2. The van der Waals surface area contributed by atoms with E-state index >= 15 is 0 Å². The molecule has 3 heterocycles. The number of nitrogens with zero attached hydrogens (tertiary/aromatic N) is 5. The predicted molar refractivity (Wildman–Crippen MR) is 190 cm³/mol. The number of carbonyl (C=O) groups excluding carboxylic acids is 2. The van der Waals surface area contributed by atoms with E-state index in [4.69, 9.17) is 19.3 Å². The van der Waals surface area contributed by atoms with Gasteiger partial charge in [-0.2, -0.15) is 5.10 Å². The number of allylic oxidation sites excluding steroid dienone is 1. The van der Waals surface area contributed by atoms with Crippen LogP contribution in [0.2, 0.25) is 0 Å². The van der Waals surface area contributed by atoms with Gasteiger partial charge >= 0.3 is 17.6 Å². The topological polar surface area (TPSA) is 157 Å². The van der Waals surface area contributed by atoms with Crippen molar-refractivity contribution in [1.82, 2.24) is 14.3 Å². The van der Waals surface area contributed by atoms with Crippen molar-refractivity contribution in [2.24, 2.45) is 4.99 Å². The van der Waals surface area contributed by atoms with Crippen molar-refractivity contribution in [3.05, 3.63) is 137 Å². The summed E-state index contributed by atoms with van der Waals surface area (Å²) in [4.78, 5) is 56.6. The normalized spacial score (nSPS) is 14.2. The van der Waals surface area contributed by atoms with E-state index in [2.05, 4.69) is 4.99 Å². The molecule has 0 fully saturated rings. The summed E-state index contributed by atoms with van der Waals surface area (Å²) in [6, 6.07) is 19.5. The van der Waals surface area contributed by atoms with Crippen LogP contribution in [0.1, 0.15) is 55.2 Å². The monoisotopic (exact) mass is 707 g/mol. The number of methoxy groups -OCH3 is 1. The molecule has 0 aliphatic carbocycles. The minimum atomic E-state index is -0.915. The number of esters is 2. The van der Waals surface area contributed by atoms with Crippen LogP contribution >= 0.6 is 11.3 Å². The van der Waals surface area contributed by atoms with Gasteiger partial charge in [0, 0.05) is 23.4 Å². The molecule has 14 heteroatoms. The molecule has 2 aromatic heterocycles. The average molecular weight is 708 g/mol. The number of nitro groups is 1. The number of fused-ring (bicyclic) bond motifs is 1. The Balaban J connectivity index is 1.55. The second-order valence-corrected chi connectivity index (χ2v) is 12.7. The number of aromatic nitrogens is 3. The Bertz CT molecular complexity index is 2370. The van der Waals surface area contributed by atoms with E-state index in [9.17, 15) is 24.5 Å². The van der Waals surface area contributed by atoms with Crippen LogP contribution < -0.4 is 19.6 Å². The molecule has 1 aliphatic heterocycles. The number of nitro benzene ring substituents is 1. The Morgan fingerprint density at radius 1 is 1.06 bits per heavy atom. The highest BCUT2D eigenvalue weighted by atomic mass is 32.1. The van der Waals surface area contributed by atoms with Gasteiger partial charge in [0.05, 0.1) is 57.8 Å². The smallest absolute Gasteiger partial charge is 0.338 e. The van der Waals surface area contributed by atoms with E-state index in [0.717, 1.165) is 17.0 Å².